The summed E-state index contributed by atoms with van der Waals surface area (Å²) in [5.74, 6) is -0.0892. The van der Waals surface area contributed by atoms with E-state index < -0.39 is 4.92 Å². The lowest BCUT2D eigenvalue weighted by Gasteiger charge is -2.01. The molecule has 2 aromatic rings. The van der Waals surface area contributed by atoms with Crippen molar-refractivity contribution in [2.45, 2.75) is 0 Å². The fourth-order valence-corrected chi connectivity index (χ4v) is 1.36. The first-order valence-corrected chi connectivity index (χ1v) is 4.66. The second kappa shape index (κ2) is 4.31. The third-order valence-electron chi connectivity index (χ3n) is 2.14. The third-order valence-corrected chi connectivity index (χ3v) is 2.14. The number of rotatable bonds is 2. The van der Waals surface area contributed by atoms with Crippen LogP contribution in [-0.2, 0) is 0 Å². The average Bonchev–Trinajstić information content (AvgIpc) is 2.86. The van der Waals surface area contributed by atoms with Gasteiger partial charge in [0.05, 0.1) is 16.6 Å². The highest BCUT2D eigenvalue weighted by Crippen LogP contribution is 2.23. The summed E-state index contributed by atoms with van der Waals surface area (Å²) in [5, 5.41) is 32.0. The Hall–Kier alpha value is -3.26. The highest BCUT2D eigenvalue weighted by atomic mass is 16.6. The van der Waals surface area contributed by atoms with Crippen LogP contribution in [0.2, 0.25) is 0 Å². The molecule has 2 rings (SSSR count). The molecule has 1 aromatic carbocycles. The van der Waals surface area contributed by atoms with E-state index in [4.69, 9.17) is 10.5 Å². The highest BCUT2D eigenvalue weighted by molar-refractivity contribution is 5.55. The second-order valence-corrected chi connectivity index (χ2v) is 3.20. The van der Waals surface area contributed by atoms with Crippen LogP contribution in [-0.4, -0.2) is 19.7 Å². The molecule has 0 amide bonds. The summed E-state index contributed by atoms with van der Waals surface area (Å²) in [6, 6.07) is 7.49. The van der Waals surface area contributed by atoms with Gasteiger partial charge in [-0.3, -0.25) is 10.1 Å². The normalized spacial score (nSPS) is 9.44. The fourth-order valence-electron chi connectivity index (χ4n) is 1.36. The maximum absolute atomic E-state index is 10.9. The summed E-state index contributed by atoms with van der Waals surface area (Å²) >= 11 is 0. The molecule has 8 nitrogen and oxygen atoms in total. The highest BCUT2D eigenvalue weighted by Gasteiger charge is 2.17. The molecule has 0 aliphatic rings. The molecule has 86 valence electrons. The van der Waals surface area contributed by atoms with E-state index in [9.17, 15) is 10.1 Å². The van der Waals surface area contributed by atoms with E-state index in [-0.39, 0.29) is 22.8 Å². The Morgan fingerprint density at radius 2 is 2.11 bits per heavy atom. The summed E-state index contributed by atoms with van der Waals surface area (Å²) in [6.45, 7) is 0. The molecule has 0 saturated heterocycles. The quantitative estimate of drug-likeness (QED) is 0.568. The number of nitriles is 2. The van der Waals surface area contributed by atoms with Crippen LogP contribution in [0.3, 0.4) is 0 Å². The van der Waals surface area contributed by atoms with Crippen LogP contribution in [0.4, 0.5) is 5.69 Å². The third kappa shape index (κ3) is 1.86. The standard InChI is InChI=1S/C10H4N6O2/c11-4-7-1-2-8(9(3-7)16(17)18)15-6-13-10(5-12)14-15/h1-3,6H. The van der Waals surface area contributed by atoms with Crippen LogP contribution in [0.1, 0.15) is 11.4 Å². The van der Waals surface area contributed by atoms with Crippen molar-refractivity contribution in [3.63, 3.8) is 0 Å². The van der Waals surface area contributed by atoms with Crippen molar-refractivity contribution in [1.82, 2.24) is 14.8 Å². The lowest BCUT2D eigenvalue weighted by atomic mass is 10.2. The largest absolute Gasteiger partial charge is 0.296 e. The Bertz CT molecular complexity index is 706. The zero-order chi connectivity index (χ0) is 13.1. The molecule has 0 aliphatic carbocycles. The molecule has 0 saturated carbocycles. The maximum Gasteiger partial charge on any atom is 0.296 e. The monoisotopic (exact) mass is 240 g/mol. The minimum Gasteiger partial charge on any atom is -0.258 e. The van der Waals surface area contributed by atoms with Gasteiger partial charge in [0.25, 0.3) is 11.5 Å². The molecule has 0 fully saturated rings. The molecule has 0 spiro atoms. The molecule has 0 atom stereocenters. The van der Waals surface area contributed by atoms with Gasteiger partial charge in [0.2, 0.25) is 0 Å². The van der Waals surface area contributed by atoms with Crippen LogP contribution in [0, 0.1) is 32.8 Å². The number of nitro benzene ring substituents is 1. The van der Waals surface area contributed by atoms with E-state index >= 15 is 0 Å². The first-order valence-electron chi connectivity index (χ1n) is 4.66. The van der Waals surface area contributed by atoms with Gasteiger partial charge in [-0.25, -0.2) is 9.67 Å². The van der Waals surface area contributed by atoms with Gasteiger partial charge in [-0.2, -0.15) is 10.5 Å². The van der Waals surface area contributed by atoms with E-state index in [0.29, 0.717) is 0 Å². The second-order valence-electron chi connectivity index (χ2n) is 3.20. The van der Waals surface area contributed by atoms with Gasteiger partial charge in [0, 0.05) is 6.07 Å². The Kier molecular flexibility index (Phi) is 2.69. The van der Waals surface area contributed by atoms with Gasteiger partial charge in [-0.05, 0) is 12.1 Å². The Labute approximate surface area is 100 Å². The predicted octanol–water partition coefficient (Wildman–Crippen LogP) is 0.919. The SMILES string of the molecule is N#Cc1ccc(-n2cnc(C#N)n2)c([N+](=O)[O-])c1. The van der Waals surface area contributed by atoms with Gasteiger partial charge < -0.3 is 0 Å². The van der Waals surface area contributed by atoms with Gasteiger partial charge in [0.15, 0.2) is 0 Å². The zero-order valence-corrected chi connectivity index (χ0v) is 8.81. The zero-order valence-electron chi connectivity index (χ0n) is 8.81. The van der Waals surface area contributed by atoms with Gasteiger partial charge in [-0.1, -0.05) is 0 Å². The van der Waals surface area contributed by atoms with Crippen molar-refractivity contribution in [1.29, 1.82) is 10.5 Å². The molecule has 0 unspecified atom stereocenters. The molecule has 0 radical (unpaired) electrons. The van der Waals surface area contributed by atoms with Gasteiger partial charge in [0.1, 0.15) is 18.1 Å². The summed E-state index contributed by atoms with van der Waals surface area (Å²) in [4.78, 5) is 13.9. The van der Waals surface area contributed by atoms with Crippen molar-refractivity contribution in [2.24, 2.45) is 0 Å². The van der Waals surface area contributed by atoms with Crippen LogP contribution in [0.15, 0.2) is 24.5 Å². The first kappa shape index (κ1) is 11.2. The first-order chi connectivity index (χ1) is 8.65. The van der Waals surface area contributed by atoms with E-state index in [1.54, 1.807) is 6.07 Å². The lowest BCUT2D eigenvalue weighted by molar-refractivity contribution is -0.384. The minimum absolute atomic E-state index is 0.0892. The molecular weight excluding hydrogens is 236 g/mol. The summed E-state index contributed by atoms with van der Waals surface area (Å²) in [6.07, 6.45) is 1.20. The van der Waals surface area contributed by atoms with Crippen molar-refractivity contribution in [2.75, 3.05) is 0 Å². The molecule has 0 bridgehead atoms. The number of nitro groups is 1. The van der Waals surface area contributed by atoms with E-state index in [1.165, 1.54) is 18.5 Å². The molecule has 1 heterocycles. The van der Waals surface area contributed by atoms with Crippen LogP contribution in [0.25, 0.3) is 5.69 Å². The van der Waals surface area contributed by atoms with Crippen molar-refractivity contribution in [3.05, 3.63) is 46.0 Å². The molecule has 1 aromatic heterocycles. The predicted molar refractivity (Wildman–Crippen MR) is 57.4 cm³/mol. The van der Waals surface area contributed by atoms with E-state index in [0.717, 1.165) is 10.7 Å². The van der Waals surface area contributed by atoms with Crippen molar-refractivity contribution >= 4 is 5.69 Å². The Morgan fingerprint density at radius 3 is 2.67 bits per heavy atom. The van der Waals surface area contributed by atoms with Gasteiger partial charge >= 0.3 is 0 Å². The van der Waals surface area contributed by atoms with Gasteiger partial charge in [-0.15, -0.1) is 5.10 Å². The van der Waals surface area contributed by atoms with Crippen LogP contribution >= 0.6 is 0 Å². The average molecular weight is 240 g/mol. The molecule has 0 N–H and O–H groups in total. The summed E-state index contributed by atoms with van der Waals surface area (Å²) in [5.41, 5.74) is 0.0440. The van der Waals surface area contributed by atoms with Crippen LogP contribution in [0.5, 0.6) is 0 Å². The number of benzene rings is 1. The number of nitrogens with zero attached hydrogens (tertiary/aromatic N) is 6. The summed E-state index contributed by atoms with van der Waals surface area (Å²) < 4.78 is 1.12. The number of hydrogen-bond acceptors (Lipinski definition) is 6. The van der Waals surface area contributed by atoms with Crippen molar-refractivity contribution < 1.29 is 4.92 Å². The lowest BCUT2D eigenvalue weighted by Crippen LogP contribution is -2.01. The van der Waals surface area contributed by atoms with Crippen LogP contribution < -0.4 is 0 Å². The van der Waals surface area contributed by atoms with E-state index in [1.807, 2.05) is 6.07 Å². The number of hydrogen-bond donors (Lipinski definition) is 0. The smallest absolute Gasteiger partial charge is 0.258 e. The molecule has 8 heteroatoms. The molecule has 18 heavy (non-hydrogen) atoms. The molecule has 0 aliphatic heterocycles. The Balaban J connectivity index is 2.61. The maximum atomic E-state index is 10.9. The number of aromatic nitrogens is 3. The minimum atomic E-state index is -0.621. The topological polar surface area (TPSA) is 121 Å². The van der Waals surface area contributed by atoms with Crippen molar-refractivity contribution in [3.8, 4) is 17.8 Å². The fraction of sp³-hybridized carbons (Fsp3) is 0. The summed E-state index contributed by atoms with van der Waals surface area (Å²) in [7, 11) is 0. The van der Waals surface area contributed by atoms with E-state index in [2.05, 4.69) is 10.1 Å². The Morgan fingerprint density at radius 1 is 1.33 bits per heavy atom. The molecular formula is C10H4N6O2.